The van der Waals surface area contributed by atoms with Gasteiger partial charge < -0.3 is 5.21 Å². The molecule has 2 nitrogen and oxygen atoms in total. The minimum Gasteiger partial charge on any atom is -0.411 e. The van der Waals surface area contributed by atoms with Crippen molar-refractivity contribution < 1.29 is 5.21 Å². The molecule has 1 rings (SSSR count). The highest BCUT2D eigenvalue weighted by Gasteiger charge is 2.33. The second-order valence-electron chi connectivity index (χ2n) is 4.82. The summed E-state index contributed by atoms with van der Waals surface area (Å²) in [5.41, 5.74) is 3.24. The fraction of sp³-hybridized carbons (Fsp3) is 0.615. The van der Waals surface area contributed by atoms with Gasteiger partial charge in [0.05, 0.1) is 5.71 Å². The van der Waals surface area contributed by atoms with Crippen molar-refractivity contribution >= 4 is 5.71 Å². The maximum Gasteiger partial charge on any atom is 0.0610 e. The van der Waals surface area contributed by atoms with Crippen LogP contribution in [-0.2, 0) is 0 Å². The molecule has 0 aliphatic heterocycles. The minimum absolute atomic E-state index is 0.308. The van der Waals surface area contributed by atoms with E-state index in [1.807, 2.05) is 6.92 Å². The van der Waals surface area contributed by atoms with Gasteiger partial charge in [-0.3, -0.25) is 0 Å². The Labute approximate surface area is 92.4 Å². The highest BCUT2D eigenvalue weighted by atomic mass is 16.4. The molecule has 1 aliphatic carbocycles. The lowest BCUT2D eigenvalue weighted by molar-refractivity contribution is 0.293. The molecule has 3 atom stereocenters. The van der Waals surface area contributed by atoms with Crippen molar-refractivity contribution in [3.05, 3.63) is 24.3 Å². The fourth-order valence-electron chi connectivity index (χ4n) is 2.40. The molecule has 84 valence electrons. The van der Waals surface area contributed by atoms with Gasteiger partial charge in [-0.2, -0.15) is 0 Å². The van der Waals surface area contributed by atoms with Gasteiger partial charge >= 0.3 is 0 Å². The first-order valence-electron chi connectivity index (χ1n) is 5.49. The molecule has 1 saturated carbocycles. The first-order chi connectivity index (χ1) is 6.97. The summed E-state index contributed by atoms with van der Waals surface area (Å²) in [7, 11) is 0. The Morgan fingerprint density at radius 3 is 2.33 bits per heavy atom. The van der Waals surface area contributed by atoms with Crippen LogP contribution >= 0.6 is 0 Å². The molecule has 1 aliphatic rings. The lowest BCUT2D eigenvalue weighted by atomic mass is 9.69. The maximum atomic E-state index is 8.99. The summed E-state index contributed by atoms with van der Waals surface area (Å²) in [6.07, 6.45) is 1.93. The predicted octanol–water partition coefficient (Wildman–Crippen LogP) is 3.63. The highest BCUT2D eigenvalue weighted by molar-refractivity contribution is 5.87. The third kappa shape index (κ3) is 2.49. The Hall–Kier alpha value is -1.05. The SMILES string of the molecule is C=C(C)[C@@H]1C/C(=N\O)C(C)[C@@H](C(=C)C)C1. The van der Waals surface area contributed by atoms with Crippen LogP contribution in [0, 0.1) is 17.8 Å². The monoisotopic (exact) mass is 207 g/mol. The quantitative estimate of drug-likeness (QED) is 0.418. The van der Waals surface area contributed by atoms with Crippen LogP contribution in [0.25, 0.3) is 0 Å². The summed E-state index contributed by atoms with van der Waals surface area (Å²) < 4.78 is 0. The average molecular weight is 207 g/mol. The zero-order valence-electron chi connectivity index (χ0n) is 9.95. The maximum absolute atomic E-state index is 8.99. The number of hydrogen-bond donors (Lipinski definition) is 1. The number of hydrogen-bond acceptors (Lipinski definition) is 2. The van der Waals surface area contributed by atoms with Crippen molar-refractivity contribution in [1.29, 1.82) is 0 Å². The van der Waals surface area contributed by atoms with Gasteiger partial charge in [0.1, 0.15) is 0 Å². The second-order valence-corrected chi connectivity index (χ2v) is 4.82. The second kappa shape index (κ2) is 4.65. The molecule has 1 N–H and O–H groups in total. The molecule has 0 aromatic carbocycles. The van der Waals surface area contributed by atoms with E-state index in [-0.39, 0.29) is 0 Å². The lowest BCUT2D eigenvalue weighted by Gasteiger charge is -2.35. The highest BCUT2D eigenvalue weighted by Crippen LogP contribution is 2.38. The van der Waals surface area contributed by atoms with Crippen molar-refractivity contribution in [2.45, 2.75) is 33.6 Å². The van der Waals surface area contributed by atoms with E-state index in [2.05, 4.69) is 32.2 Å². The Morgan fingerprint density at radius 1 is 1.33 bits per heavy atom. The third-order valence-corrected chi connectivity index (χ3v) is 3.58. The molecule has 1 fully saturated rings. The van der Waals surface area contributed by atoms with Gasteiger partial charge in [-0.15, -0.1) is 0 Å². The molecule has 2 heteroatoms. The summed E-state index contributed by atoms with van der Waals surface area (Å²) in [4.78, 5) is 0. The van der Waals surface area contributed by atoms with E-state index in [0.29, 0.717) is 17.8 Å². The van der Waals surface area contributed by atoms with E-state index in [1.54, 1.807) is 0 Å². The van der Waals surface area contributed by atoms with Crippen LogP contribution in [0.1, 0.15) is 33.6 Å². The summed E-state index contributed by atoms with van der Waals surface area (Å²) in [5.74, 6) is 1.17. The number of nitrogens with zero attached hydrogens (tertiary/aromatic N) is 1. The van der Waals surface area contributed by atoms with Crippen LogP contribution in [0.15, 0.2) is 29.5 Å². The zero-order valence-corrected chi connectivity index (χ0v) is 9.95. The molecular formula is C13H21NO. The standard InChI is InChI=1S/C13H21NO/c1-8(2)11-6-12(9(3)4)10(5)13(7-11)14-15/h10-12,15H,1,3,6-7H2,2,4-5H3/b14-13+/t10?,11-,12+/m0/s1. The van der Waals surface area contributed by atoms with E-state index in [9.17, 15) is 0 Å². The van der Waals surface area contributed by atoms with E-state index in [4.69, 9.17) is 5.21 Å². The minimum atomic E-state index is 0.308. The molecule has 0 aromatic heterocycles. The van der Waals surface area contributed by atoms with E-state index in [0.717, 1.165) is 18.6 Å². The Balaban J connectivity index is 2.91. The molecule has 0 radical (unpaired) electrons. The van der Waals surface area contributed by atoms with Gasteiger partial charge in [-0.05, 0) is 38.5 Å². The number of oxime groups is 1. The normalized spacial score (nSPS) is 34.1. The molecule has 0 aromatic rings. The van der Waals surface area contributed by atoms with Gasteiger partial charge in [0.2, 0.25) is 0 Å². The molecule has 15 heavy (non-hydrogen) atoms. The molecular weight excluding hydrogens is 186 g/mol. The van der Waals surface area contributed by atoms with E-state index in [1.165, 1.54) is 11.1 Å². The Morgan fingerprint density at radius 2 is 1.93 bits per heavy atom. The topological polar surface area (TPSA) is 32.6 Å². The first-order valence-corrected chi connectivity index (χ1v) is 5.49. The summed E-state index contributed by atoms with van der Waals surface area (Å²) >= 11 is 0. The van der Waals surface area contributed by atoms with Crippen molar-refractivity contribution in [2.24, 2.45) is 22.9 Å². The first kappa shape index (κ1) is 12.0. The fourth-order valence-corrected chi connectivity index (χ4v) is 2.40. The van der Waals surface area contributed by atoms with Gasteiger partial charge in [0.15, 0.2) is 0 Å². The molecule has 0 saturated heterocycles. The third-order valence-electron chi connectivity index (χ3n) is 3.58. The van der Waals surface area contributed by atoms with E-state index < -0.39 is 0 Å². The molecule has 0 amide bonds. The summed E-state index contributed by atoms with van der Waals surface area (Å²) in [6.45, 7) is 14.2. The average Bonchev–Trinajstić information content (AvgIpc) is 2.17. The number of rotatable bonds is 2. The molecule has 0 bridgehead atoms. The van der Waals surface area contributed by atoms with Crippen molar-refractivity contribution in [3.63, 3.8) is 0 Å². The predicted molar refractivity (Wildman–Crippen MR) is 64.2 cm³/mol. The Kier molecular flexibility index (Phi) is 3.72. The van der Waals surface area contributed by atoms with Crippen LogP contribution in [0.4, 0.5) is 0 Å². The van der Waals surface area contributed by atoms with E-state index >= 15 is 0 Å². The number of allylic oxidation sites excluding steroid dienone is 2. The lowest BCUT2D eigenvalue weighted by Crippen LogP contribution is -2.32. The Bertz CT molecular complexity index is 304. The van der Waals surface area contributed by atoms with Crippen LogP contribution in [0.5, 0.6) is 0 Å². The van der Waals surface area contributed by atoms with Gasteiger partial charge in [-0.1, -0.05) is 36.4 Å². The van der Waals surface area contributed by atoms with Crippen LogP contribution < -0.4 is 0 Å². The van der Waals surface area contributed by atoms with Crippen molar-refractivity contribution in [1.82, 2.24) is 0 Å². The van der Waals surface area contributed by atoms with Gasteiger partial charge in [0.25, 0.3) is 0 Å². The summed E-state index contributed by atoms with van der Waals surface area (Å²) in [5, 5.41) is 12.4. The molecule has 1 unspecified atom stereocenters. The largest absolute Gasteiger partial charge is 0.411 e. The van der Waals surface area contributed by atoms with Crippen LogP contribution in [0.2, 0.25) is 0 Å². The van der Waals surface area contributed by atoms with Crippen LogP contribution in [0.3, 0.4) is 0 Å². The van der Waals surface area contributed by atoms with Gasteiger partial charge in [-0.25, -0.2) is 0 Å². The molecule has 0 heterocycles. The smallest absolute Gasteiger partial charge is 0.0610 e. The van der Waals surface area contributed by atoms with Crippen LogP contribution in [-0.4, -0.2) is 10.9 Å². The molecule has 0 spiro atoms. The zero-order chi connectivity index (χ0) is 11.6. The van der Waals surface area contributed by atoms with Crippen molar-refractivity contribution in [3.8, 4) is 0 Å². The summed E-state index contributed by atoms with van der Waals surface area (Å²) in [6, 6.07) is 0. The van der Waals surface area contributed by atoms with Gasteiger partial charge in [0, 0.05) is 5.92 Å². The van der Waals surface area contributed by atoms with Crippen molar-refractivity contribution in [2.75, 3.05) is 0 Å².